The van der Waals surface area contributed by atoms with Crippen LogP contribution in [0.25, 0.3) is 0 Å². The summed E-state index contributed by atoms with van der Waals surface area (Å²) < 4.78 is 0. The molecule has 0 aromatic heterocycles. The van der Waals surface area contributed by atoms with Gasteiger partial charge in [-0.3, -0.25) is 9.80 Å². The molecule has 3 nitrogen and oxygen atoms in total. The summed E-state index contributed by atoms with van der Waals surface area (Å²) in [7, 11) is 4.79. The van der Waals surface area contributed by atoms with Crippen molar-refractivity contribution in [2.24, 2.45) is 11.8 Å². The van der Waals surface area contributed by atoms with Gasteiger partial charge in [-0.15, -0.1) is 24.8 Å². The molecule has 0 radical (unpaired) electrons. The van der Waals surface area contributed by atoms with Crippen LogP contribution in [-0.4, -0.2) is 53.5 Å². The predicted octanol–water partition coefficient (Wildman–Crippen LogP) is 10.0. The lowest BCUT2D eigenvalue weighted by Crippen LogP contribution is -2.61. The highest BCUT2D eigenvalue weighted by Gasteiger charge is 2.53. The molecule has 0 bridgehead atoms. The molecule has 6 rings (SSSR count). The van der Waals surface area contributed by atoms with E-state index in [9.17, 15) is 0 Å². The van der Waals surface area contributed by atoms with E-state index in [2.05, 4.69) is 112 Å². The van der Waals surface area contributed by atoms with Crippen LogP contribution in [-0.2, 0) is 10.8 Å². The van der Waals surface area contributed by atoms with E-state index in [1.54, 1.807) is 11.1 Å². The van der Waals surface area contributed by atoms with Crippen LogP contribution in [0.4, 0.5) is 0 Å². The maximum Gasteiger partial charge on any atom is 0.0297 e. The number of nitrogens with zero attached hydrogens (tertiary/aromatic N) is 2. The van der Waals surface area contributed by atoms with Crippen LogP contribution < -0.4 is 0 Å². The van der Waals surface area contributed by atoms with Crippen LogP contribution in [0.1, 0.15) is 129 Å². The van der Waals surface area contributed by atoms with E-state index in [1.807, 2.05) is 0 Å². The molecule has 0 spiro atoms. The molecule has 5 heteroatoms. The third-order valence-corrected chi connectivity index (χ3v) is 13.0. The Bertz CT molecular complexity index is 1040. The molecule has 0 amide bonds. The minimum Gasteiger partial charge on any atom is -0.412 e. The average molecular weight is 662 g/mol. The molecule has 0 aliphatic heterocycles. The molecule has 4 aliphatic carbocycles. The second-order valence-electron chi connectivity index (χ2n) is 15.2. The van der Waals surface area contributed by atoms with Gasteiger partial charge >= 0.3 is 0 Å². The number of benzene rings is 2. The second-order valence-corrected chi connectivity index (χ2v) is 15.2. The maximum atomic E-state index is 2.75. The lowest BCUT2D eigenvalue weighted by Gasteiger charge is -2.57. The van der Waals surface area contributed by atoms with Gasteiger partial charge < -0.3 is 5.48 Å². The van der Waals surface area contributed by atoms with Crippen LogP contribution in [0, 0.1) is 11.8 Å². The fourth-order valence-corrected chi connectivity index (χ4v) is 9.87. The first-order valence-electron chi connectivity index (χ1n) is 17.8. The zero-order chi connectivity index (χ0) is 29.8. The summed E-state index contributed by atoms with van der Waals surface area (Å²) in [6.07, 6.45) is 19.3. The summed E-state index contributed by atoms with van der Waals surface area (Å²) >= 11 is 0. The number of halogens is 2. The quantitative estimate of drug-likeness (QED) is 0.254. The monoisotopic (exact) mass is 660 g/mol. The van der Waals surface area contributed by atoms with E-state index in [-0.39, 0.29) is 30.3 Å². The smallest absolute Gasteiger partial charge is 0.0297 e. The highest BCUT2D eigenvalue weighted by Crippen LogP contribution is 2.53. The van der Waals surface area contributed by atoms with E-state index in [4.69, 9.17) is 0 Å². The molecule has 45 heavy (non-hydrogen) atoms. The first-order valence-corrected chi connectivity index (χ1v) is 17.8. The van der Waals surface area contributed by atoms with E-state index in [1.165, 1.54) is 103 Å². The Morgan fingerprint density at radius 3 is 1.16 bits per heavy atom. The summed E-state index contributed by atoms with van der Waals surface area (Å²) in [6.45, 7) is 12.5. The minimum atomic E-state index is 0. The van der Waals surface area contributed by atoms with Crippen LogP contribution >= 0.6 is 24.8 Å². The molecule has 4 aliphatic rings. The van der Waals surface area contributed by atoms with Crippen molar-refractivity contribution >= 4 is 24.8 Å². The first-order chi connectivity index (χ1) is 20.2. The largest absolute Gasteiger partial charge is 0.412 e. The highest BCUT2D eigenvalue weighted by molar-refractivity contribution is 5.85. The van der Waals surface area contributed by atoms with Crippen molar-refractivity contribution < 1.29 is 5.48 Å². The van der Waals surface area contributed by atoms with Gasteiger partial charge in [0, 0.05) is 35.0 Å². The van der Waals surface area contributed by atoms with Crippen molar-refractivity contribution in [3.05, 3.63) is 71.8 Å². The van der Waals surface area contributed by atoms with Crippen molar-refractivity contribution in [2.45, 2.75) is 139 Å². The molecule has 0 heterocycles. The van der Waals surface area contributed by atoms with E-state index in [0.717, 1.165) is 11.8 Å². The Labute approximate surface area is 289 Å². The molecule has 4 fully saturated rings. The second kappa shape index (κ2) is 16.8. The molecular formula is C40H66Cl2N2O. The molecule has 4 unspecified atom stereocenters. The number of hydrogen-bond donors (Lipinski definition) is 0. The average Bonchev–Trinajstić information content (AvgIpc) is 3.97. The Morgan fingerprint density at radius 1 is 0.556 bits per heavy atom. The van der Waals surface area contributed by atoms with Crippen molar-refractivity contribution in [3.8, 4) is 0 Å². The highest BCUT2D eigenvalue weighted by atomic mass is 35.5. The molecule has 0 saturated heterocycles. The SMILES string of the molecule is CCC1(N(C)CC2CC2)CCCCC1(C)c1ccccc1.CCC1(N(C)CC2CC2)CCCCC1(C)c1ccccc1.Cl.Cl.O. The van der Waals surface area contributed by atoms with Gasteiger partial charge in [-0.1, -0.05) is 114 Å². The van der Waals surface area contributed by atoms with Gasteiger partial charge in [0.1, 0.15) is 0 Å². The van der Waals surface area contributed by atoms with Crippen molar-refractivity contribution in [3.63, 3.8) is 0 Å². The fraction of sp³-hybridized carbons (Fsp3) is 0.700. The lowest BCUT2D eigenvalue weighted by atomic mass is 9.57. The summed E-state index contributed by atoms with van der Waals surface area (Å²) in [5.74, 6) is 1.95. The Balaban J connectivity index is 0.000000294. The summed E-state index contributed by atoms with van der Waals surface area (Å²) in [5, 5.41) is 0. The van der Waals surface area contributed by atoms with Gasteiger partial charge in [0.25, 0.3) is 0 Å². The van der Waals surface area contributed by atoms with Gasteiger partial charge in [-0.2, -0.15) is 0 Å². The third kappa shape index (κ3) is 7.97. The normalized spacial score (nSPS) is 31.1. The molecule has 256 valence electrons. The molecule has 2 N–H and O–H groups in total. The van der Waals surface area contributed by atoms with Gasteiger partial charge in [-0.25, -0.2) is 0 Å². The number of hydrogen-bond acceptors (Lipinski definition) is 2. The lowest BCUT2D eigenvalue weighted by molar-refractivity contribution is -0.00521. The van der Waals surface area contributed by atoms with Crippen LogP contribution in [0.3, 0.4) is 0 Å². The minimum absolute atomic E-state index is 0. The first kappa shape index (κ1) is 40.1. The van der Waals surface area contributed by atoms with Crippen LogP contribution in [0.5, 0.6) is 0 Å². The third-order valence-electron chi connectivity index (χ3n) is 13.0. The van der Waals surface area contributed by atoms with E-state index in [0.29, 0.717) is 21.9 Å². The molecular weight excluding hydrogens is 595 g/mol. The summed E-state index contributed by atoms with van der Waals surface area (Å²) in [5.41, 5.74) is 4.38. The van der Waals surface area contributed by atoms with Gasteiger partial charge in [0.2, 0.25) is 0 Å². The zero-order valence-corrected chi connectivity index (χ0v) is 31.1. The zero-order valence-electron chi connectivity index (χ0n) is 29.5. The summed E-state index contributed by atoms with van der Waals surface area (Å²) in [6, 6.07) is 22.6. The van der Waals surface area contributed by atoms with Crippen molar-refractivity contribution in [1.82, 2.24) is 9.80 Å². The van der Waals surface area contributed by atoms with Gasteiger partial charge in [0.15, 0.2) is 0 Å². The number of rotatable bonds is 10. The maximum absolute atomic E-state index is 2.75. The number of likely N-dealkylation sites (N-methyl/N-ethyl adjacent to an activating group) is 2. The Morgan fingerprint density at radius 2 is 0.867 bits per heavy atom. The van der Waals surface area contributed by atoms with E-state index < -0.39 is 0 Å². The van der Waals surface area contributed by atoms with Crippen molar-refractivity contribution in [1.29, 1.82) is 0 Å². The molecule has 4 atom stereocenters. The topological polar surface area (TPSA) is 38.0 Å². The van der Waals surface area contributed by atoms with Crippen LogP contribution in [0.15, 0.2) is 60.7 Å². The molecule has 2 aromatic rings. The predicted molar refractivity (Wildman–Crippen MR) is 199 cm³/mol. The molecule has 4 saturated carbocycles. The Kier molecular flexibility index (Phi) is 15.0. The van der Waals surface area contributed by atoms with Crippen molar-refractivity contribution in [2.75, 3.05) is 27.2 Å². The summed E-state index contributed by atoms with van der Waals surface area (Å²) in [4.78, 5) is 5.49. The van der Waals surface area contributed by atoms with Crippen LogP contribution in [0.2, 0.25) is 0 Å². The fourth-order valence-electron chi connectivity index (χ4n) is 9.87. The van der Waals surface area contributed by atoms with Gasteiger partial charge in [-0.05, 0) is 101 Å². The van der Waals surface area contributed by atoms with E-state index >= 15 is 0 Å². The Hall–Kier alpha value is -1.10. The molecule has 2 aromatic carbocycles. The van der Waals surface area contributed by atoms with Gasteiger partial charge in [0.05, 0.1) is 0 Å². The standard InChI is InChI=1S/2C20H31N.2ClH.H2O/c2*1-4-20(21(3)16-17-12-13-17)15-9-8-14-19(20,2)18-10-6-5-7-11-18;;;/h2*5-7,10-11,17H,4,8-9,12-16H2,1-3H3;2*1H;1H2.